The van der Waals surface area contributed by atoms with Crippen molar-refractivity contribution in [1.82, 2.24) is 15.0 Å². The van der Waals surface area contributed by atoms with Crippen LogP contribution in [0.5, 0.6) is 5.75 Å². The summed E-state index contributed by atoms with van der Waals surface area (Å²) in [5.74, 6) is 1.34. The zero-order valence-corrected chi connectivity index (χ0v) is 11.0. The van der Waals surface area contributed by atoms with Gasteiger partial charge in [0.25, 0.3) is 0 Å². The maximum atomic E-state index is 5.27. The van der Waals surface area contributed by atoms with Crippen LogP contribution in [-0.2, 0) is 11.3 Å². The maximum absolute atomic E-state index is 5.27. The molecule has 0 aliphatic carbocycles. The highest BCUT2D eigenvalue weighted by Crippen LogP contribution is 2.25. The Morgan fingerprint density at radius 3 is 2.94 bits per heavy atom. The van der Waals surface area contributed by atoms with E-state index < -0.39 is 0 Å². The Labute approximate surface area is 110 Å². The summed E-state index contributed by atoms with van der Waals surface area (Å²) in [6.07, 6.45) is 1.70. The van der Waals surface area contributed by atoms with Gasteiger partial charge in [-0.3, -0.25) is 4.98 Å². The summed E-state index contributed by atoms with van der Waals surface area (Å²) in [4.78, 5) is 11.6. The van der Waals surface area contributed by atoms with Gasteiger partial charge in [-0.2, -0.15) is 0 Å². The summed E-state index contributed by atoms with van der Waals surface area (Å²) >= 11 is 5.13. The molecule has 0 saturated carbocycles. The summed E-state index contributed by atoms with van der Waals surface area (Å²) in [6, 6.07) is 5.41. The Morgan fingerprint density at radius 2 is 2.22 bits per heavy atom. The van der Waals surface area contributed by atoms with Crippen molar-refractivity contribution in [3.63, 3.8) is 0 Å². The SMILES string of the molecule is COCc1nc(=S)cc(-c2ncccc2OC)[nH]1. The van der Waals surface area contributed by atoms with Crippen LogP contribution in [-0.4, -0.2) is 29.2 Å². The first-order valence-corrected chi connectivity index (χ1v) is 5.74. The van der Waals surface area contributed by atoms with Gasteiger partial charge >= 0.3 is 0 Å². The number of aromatic amines is 1. The highest BCUT2D eigenvalue weighted by Gasteiger charge is 2.08. The first-order chi connectivity index (χ1) is 8.74. The van der Waals surface area contributed by atoms with Crippen molar-refractivity contribution in [1.29, 1.82) is 0 Å². The fourth-order valence-electron chi connectivity index (χ4n) is 1.60. The number of nitrogens with zero attached hydrogens (tertiary/aromatic N) is 2. The molecule has 5 nitrogen and oxygen atoms in total. The van der Waals surface area contributed by atoms with Crippen molar-refractivity contribution in [2.75, 3.05) is 14.2 Å². The molecule has 0 bridgehead atoms. The van der Waals surface area contributed by atoms with E-state index in [9.17, 15) is 0 Å². The van der Waals surface area contributed by atoms with Crippen LogP contribution in [0.1, 0.15) is 5.82 Å². The Hall–Kier alpha value is -1.79. The van der Waals surface area contributed by atoms with Crippen LogP contribution in [0.15, 0.2) is 24.4 Å². The topological polar surface area (TPSA) is 60.0 Å². The molecule has 0 saturated heterocycles. The molecule has 18 heavy (non-hydrogen) atoms. The van der Waals surface area contributed by atoms with E-state index in [0.29, 0.717) is 28.5 Å². The summed E-state index contributed by atoms with van der Waals surface area (Å²) in [6.45, 7) is 0.368. The van der Waals surface area contributed by atoms with E-state index in [-0.39, 0.29) is 0 Å². The van der Waals surface area contributed by atoms with Crippen LogP contribution in [0.25, 0.3) is 11.4 Å². The number of aromatic nitrogens is 3. The van der Waals surface area contributed by atoms with Gasteiger partial charge in [0.15, 0.2) is 0 Å². The van der Waals surface area contributed by atoms with E-state index in [2.05, 4.69) is 15.0 Å². The maximum Gasteiger partial charge on any atom is 0.146 e. The van der Waals surface area contributed by atoms with Crippen LogP contribution in [0.2, 0.25) is 0 Å². The van der Waals surface area contributed by atoms with Crippen molar-refractivity contribution < 1.29 is 9.47 Å². The van der Waals surface area contributed by atoms with Crippen molar-refractivity contribution in [2.24, 2.45) is 0 Å². The van der Waals surface area contributed by atoms with Gasteiger partial charge in [0.2, 0.25) is 0 Å². The van der Waals surface area contributed by atoms with Gasteiger partial charge in [0.05, 0.1) is 12.8 Å². The third kappa shape index (κ3) is 2.72. The van der Waals surface area contributed by atoms with E-state index in [0.717, 1.165) is 5.69 Å². The third-order valence-corrected chi connectivity index (χ3v) is 2.53. The normalized spacial score (nSPS) is 10.3. The molecule has 0 aliphatic heterocycles. The predicted molar refractivity (Wildman–Crippen MR) is 69.9 cm³/mol. The van der Waals surface area contributed by atoms with Crippen molar-refractivity contribution in [3.8, 4) is 17.1 Å². The molecule has 0 aromatic carbocycles. The molecule has 0 spiro atoms. The highest BCUT2D eigenvalue weighted by molar-refractivity contribution is 7.71. The summed E-state index contributed by atoms with van der Waals surface area (Å²) in [5.41, 5.74) is 1.46. The fraction of sp³-hybridized carbons (Fsp3) is 0.250. The smallest absolute Gasteiger partial charge is 0.146 e. The molecule has 2 heterocycles. The third-order valence-electron chi connectivity index (χ3n) is 2.32. The van der Waals surface area contributed by atoms with E-state index in [1.54, 1.807) is 26.5 Å². The lowest BCUT2D eigenvalue weighted by molar-refractivity contribution is 0.177. The Balaban J connectivity index is 2.53. The predicted octanol–water partition coefficient (Wildman–Crippen LogP) is 2.36. The van der Waals surface area contributed by atoms with Crippen LogP contribution in [0, 0.1) is 4.64 Å². The molecule has 6 heteroatoms. The first kappa shape index (κ1) is 12.7. The second kappa shape index (κ2) is 5.70. The lowest BCUT2D eigenvalue weighted by Gasteiger charge is -2.08. The zero-order chi connectivity index (χ0) is 13.0. The second-order valence-corrected chi connectivity index (χ2v) is 3.99. The van der Waals surface area contributed by atoms with E-state index in [4.69, 9.17) is 21.7 Å². The van der Waals surface area contributed by atoms with Gasteiger partial charge in [-0.15, -0.1) is 0 Å². The van der Waals surface area contributed by atoms with Crippen molar-refractivity contribution in [2.45, 2.75) is 6.61 Å². The molecule has 2 aromatic rings. The van der Waals surface area contributed by atoms with Gasteiger partial charge in [-0.05, 0) is 12.1 Å². The molecular formula is C12H13N3O2S. The molecule has 0 atom stereocenters. The average molecular weight is 263 g/mol. The number of H-pyrrole nitrogens is 1. The number of ether oxygens (including phenoxy) is 2. The van der Waals surface area contributed by atoms with Gasteiger partial charge in [-0.25, -0.2) is 4.98 Å². The van der Waals surface area contributed by atoms with Gasteiger partial charge < -0.3 is 14.5 Å². The largest absolute Gasteiger partial charge is 0.494 e. The average Bonchev–Trinajstić information content (AvgIpc) is 2.38. The van der Waals surface area contributed by atoms with Crippen LogP contribution >= 0.6 is 12.2 Å². The Morgan fingerprint density at radius 1 is 1.39 bits per heavy atom. The molecule has 0 unspecified atom stereocenters. The summed E-state index contributed by atoms with van der Waals surface area (Å²) < 4.78 is 10.8. The number of methoxy groups -OCH3 is 2. The number of hydrogen-bond acceptors (Lipinski definition) is 5. The molecule has 2 rings (SSSR count). The van der Waals surface area contributed by atoms with Crippen LogP contribution in [0.3, 0.4) is 0 Å². The standard InChI is InChI=1S/C12H13N3O2S/c1-16-7-10-14-8(6-11(18)15-10)12-9(17-2)4-3-5-13-12/h3-6H,7H2,1-2H3,(H,14,15,18). The second-order valence-electron chi connectivity index (χ2n) is 3.57. The summed E-state index contributed by atoms with van der Waals surface area (Å²) in [5, 5.41) is 0. The molecular weight excluding hydrogens is 250 g/mol. The molecule has 2 aromatic heterocycles. The minimum atomic E-state index is 0.368. The first-order valence-electron chi connectivity index (χ1n) is 5.33. The number of nitrogens with one attached hydrogen (secondary N) is 1. The van der Waals surface area contributed by atoms with E-state index >= 15 is 0 Å². The molecule has 1 N–H and O–H groups in total. The molecule has 94 valence electrons. The Kier molecular flexibility index (Phi) is 4.01. The van der Waals surface area contributed by atoms with Crippen LogP contribution in [0.4, 0.5) is 0 Å². The lowest BCUT2D eigenvalue weighted by atomic mass is 10.2. The quantitative estimate of drug-likeness (QED) is 0.858. The lowest BCUT2D eigenvalue weighted by Crippen LogP contribution is -2.00. The van der Waals surface area contributed by atoms with Crippen LogP contribution < -0.4 is 4.74 Å². The minimum absolute atomic E-state index is 0.368. The number of pyridine rings is 1. The van der Waals surface area contributed by atoms with Crippen molar-refractivity contribution >= 4 is 12.2 Å². The molecule has 0 radical (unpaired) electrons. The number of rotatable bonds is 4. The van der Waals surface area contributed by atoms with E-state index in [1.807, 2.05) is 12.1 Å². The van der Waals surface area contributed by atoms with Gasteiger partial charge in [0.1, 0.15) is 28.5 Å². The number of hydrogen-bond donors (Lipinski definition) is 1. The molecule has 0 aliphatic rings. The fourth-order valence-corrected chi connectivity index (χ4v) is 1.83. The molecule has 0 amide bonds. The minimum Gasteiger partial charge on any atom is -0.494 e. The monoisotopic (exact) mass is 263 g/mol. The Bertz CT molecular complexity index is 598. The van der Waals surface area contributed by atoms with Gasteiger partial charge in [-0.1, -0.05) is 12.2 Å². The van der Waals surface area contributed by atoms with E-state index in [1.165, 1.54) is 0 Å². The van der Waals surface area contributed by atoms with Gasteiger partial charge in [0, 0.05) is 19.4 Å². The highest BCUT2D eigenvalue weighted by atomic mass is 32.1. The molecule has 0 fully saturated rings. The summed E-state index contributed by atoms with van der Waals surface area (Å²) in [7, 11) is 3.21. The van der Waals surface area contributed by atoms with Crippen molar-refractivity contribution in [3.05, 3.63) is 34.9 Å². The zero-order valence-electron chi connectivity index (χ0n) is 10.1.